The molecule has 1 aromatic carbocycles. The van der Waals surface area contributed by atoms with E-state index in [1.54, 1.807) is 12.4 Å². The van der Waals surface area contributed by atoms with Gasteiger partial charge < -0.3 is 15.0 Å². The van der Waals surface area contributed by atoms with Crippen molar-refractivity contribution in [2.24, 2.45) is 24.8 Å². The molecule has 150 valence electrons. The van der Waals surface area contributed by atoms with Crippen molar-refractivity contribution in [1.82, 2.24) is 19.9 Å². The minimum absolute atomic E-state index is 0.330. The Morgan fingerprint density at radius 2 is 1.93 bits per heavy atom. The molecule has 0 spiro atoms. The van der Waals surface area contributed by atoms with Gasteiger partial charge in [0, 0.05) is 49.0 Å². The van der Waals surface area contributed by atoms with Gasteiger partial charge in [-0.3, -0.25) is 4.79 Å². The number of benzene rings is 1. The number of para-hydroxylation sites is 1. The third-order valence-electron chi connectivity index (χ3n) is 6.80. The van der Waals surface area contributed by atoms with Gasteiger partial charge in [0.25, 0.3) is 0 Å². The van der Waals surface area contributed by atoms with Gasteiger partial charge in [-0.1, -0.05) is 18.2 Å². The highest BCUT2D eigenvalue weighted by Gasteiger charge is 2.56. The molecule has 2 N–H and O–H groups in total. The standard InChI is InChI=1S/C23H26N4O2/c1-27-12-16(17-4-2-3-5-21(17)27)8-24-11-20-18-6-14(7-19(18)20)23-25-9-15(10-26-23)22(29)13-28/h2-5,9-10,12,14,18-20,24,28H,6-8,11,13H2,1H3. The second-order valence-corrected chi connectivity index (χ2v) is 8.48. The van der Waals surface area contributed by atoms with Crippen LogP contribution in [0.25, 0.3) is 10.9 Å². The maximum Gasteiger partial charge on any atom is 0.191 e. The number of carbonyl (C=O) groups is 1. The number of nitrogens with one attached hydrogen (secondary N) is 1. The quantitative estimate of drug-likeness (QED) is 0.607. The van der Waals surface area contributed by atoms with Crippen LogP contribution >= 0.6 is 0 Å². The van der Waals surface area contributed by atoms with Gasteiger partial charge in [-0.2, -0.15) is 0 Å². The van der Waals surface area contributed by atoms with E-state index in [2.05, 4.69) is 57.4 Å². The Labute approximate surface area is 170 Å². The van der Waals surface area contributed by atoms with Crippen LogP contribution in [0.2, 0.25) is 0 Å². The van der Waals surface area contributed by atoms with Gasteiger partial charge in [0.2, 0.25) is 0 Å². The molecule has 0 bridgehead atoms. The Bertz CT molecular complexity index is 1030. The highest BCUT2D eigenvalue weighted by atomic mass is 16.3. The normalized spacial score (nSPS) is 25.3. The van der Waals surface area contributed by atoms with E-state index in [1.807, 2.05) is 0 Å². The SMILES string of the molecule is Cn1cc(CNCC2C3CC(c4ncc(C(=O)CO)cn4)CC23)c2ccccc21. The zero-order valence-electron chi connectivity index (χ0n) is 16.6. The zero-order chi connectivity index (χ0) is 20.0. The molecule has 2 unspecified atom stereocenters. The van der Waals surface area contributed by atoms with Crippen LogP contribution in [0.3, 0.4) is 0 Å². The van der Waals surface area contributed by atoms with E-state index in [0.29, 0.717) is 11.5 Å². The van der Waals surface area contributed by atoms with Gasteiger partial charge in [-0.15, -0.1) is 0 Å². The summed E-state index contributed by atoms with van der Waals surface area (Å²) in [6.07, 6.45) is 7.60. The number of rotatable bonds is 7. The third kappa shape index (κ3) is 3.36. The Morgan fingerprint density at radius 3 is 2.66 bits per heavy atom. The maximum absolute atomic E-state index is 11.5. The summed E-state index contributed by atoms with van der Waals surface area (Å²) in [7, 11) is 2.10. The Morgan fingerprint density at radius 1 is 1.21 bits per heavy atom. The summed E-state index contributed by atoms with van der Waals surface area (Å²) in [6.45, 7) is 1.48. The van der Waals surface area contributed by atoms with Gasteiger partial charge in [-0.05, 0) is 48.8 Å². The highest BCUT2D eigenvalue weighted by molar-refractivity contribution is 5.96. The molecular weight excluding hydrogens is 364 g/mol. The van der Waals surface area contributed by atoms with Crippen LogP contribution in [0.4, 0.5) is 0 Å². The Kier molecular flexibility index (Phi) is 4.68. The summed E-state index contributed by atoms with van der Waals surface area (Å²) in [4.78, 5) is 20.3. The lowest BCUT2D eigenvalue weighted by molar-refractivity contribution is 0.0903. The largest absolute Gasteiger partial charge is 0.388 e. The number of hydrogen-bond donors (Lipinski definition) is 2. The summed E-state index contributed by atoms with van der Waals surface area (Å²) in [5.41, 5.74) is 3.02. The van der Waals surface area contributed by atoms with Crippen LogP contribution in [0, 0.1) is 17.8 Å². The second-order valence-electron chi connectivity index (χ2n) is 8.48. The average Bonchev–Trinajstić information content (AvgIpc) is 3.08. The van der Waals surface area contributed by atoms with E-state index in [0.717, 1.165) is 49.5 Å². The molecule has 0 aliphatic heterocycles. The fraction of sp³-hybridized carbons (Fsp3) is 0.435. The molecule has 0 amide bonds. The molecule has 6 nitrogen and oxygen atoms in total. The zero-order valence-corrected chi connectivity index (χ0v) is 16.6. The van der Waals surface area contributed by atoms with Crippen molar-refractivity contribution in [2.75, 3.05) is 13.2 Å². The molecule has 2 aliphatic rings. The van der Waals surface area contributed by atoms with Crippen molar-refractivity contribution >= 4 is 16.7 Å². The number of carbonyl (C=O) groups excluding carboxylic acids is 1. The van der Waals surface area contributed by atoms with Gasteiger partial charge in [0.15, 0.2) is 5.78 Å². The summed E-state index contributed by atoms with van der Waals surface area (Å²) in [6, 6.07) is 8.55. The van der Waals surface area contributed by atoms with Crippen molar-refractivity contribution in [3.05, 3.63) is 59.8 Å². The molecule has 29 heavy (non-hydrogen) atoms. The van der Waals surface area contributed by atoms with E-state index in [-0.39, 0.29) is 5.78 Å². The van der Waals surface area contributed by atoms with Crippen LogP contribution in [0.5, 0.6) is 0 Å². The van der Waals surface area contributed by atoms with E-state index in [1.165, 1.54) is 16.5 Å². The van der Waals surface area contributed by atoms with Crippen LogP contribution < -0.4 is 5.32 Å². The Balaban J connectivity index is 1.13. The average molecular weight is 390 g/mol. The van der Waals surface area contributed by atoms with Crippen molar-refractivity contribution < 1.29 is 9.90 Å². The van der Waals surface area contributed by atoms with Crippen LogP contribution in [-0.2, 0) is 13.6 Å². The topological polar surface area (TPSA) is 80.0 Å². The number of nitrogens with zero attached hydrogens (tertiary/aromatic N) is 3. The molecule has 2 aromatic heterocycles. The van der Waals surface area contributed by atoms with E-state index < -0.39 is 6.61 Å². The van der Waals surface area contributed by atoms with E-state index in [4.69, 9.17) is 5.11 Å². The smallest absolute Gasteiger partial charge is 0.191 e. The Hall–Kier alpha value is -2.57. The lowest BCUT2D eigenvalue weighted by Crippen LogP contribution is -2.19. The highest BCUT2D eigenvalue weighted by Crippen LogP contribution is 2.61. The molecule has 2 heterocycles. The first kappa shape index (κ1) is 18.5. The first-order chi connectivity index (χ1) is 14.2. The summed E-state index contributed by atoms with van der Waals surface area (Å²) < 4.78 is 2.20. The molecule has 0 saturated heterocycles. The van der Waals surface area contributed by atoms with Gasteiger partial charge >= 0.3 is 0 Å². The van der Waals surface area contributed by atoms with Crippen molar-refractivity contribution in [2.45, 2.75) is 25.3 Å². The number of aromatic nitrogens is 3. The molecule has 2 aliphatic carbocycles. The van der Waals surface area contributed by atoms with Crippen molar-refractivity contribution in [1.29, 1.82) is 0 Å². The number of aryl methyl sites for hydroxylation is 1. The maximum atomic E-state index is 11.5. The number of aliphatic hydroxyl groups excluding tert-OH is 1. The van der Waals surface area contributed by atoms with Crippen LogP contribution in [0.1, 0.15) is 40.5 Å². The predicted molar refractivity (Wildman–Crippen MR) is 111 cm³/mol. The van der Waals surface area contributed by atoms with Crippen LogP contribution in [-0.4, -0.2) is 38.6 Å². The fourth-order valence-electron chi connectivity index (χ4n) is 5.21. The van der Waals surface area contributed by atoms with Crippen molar-refractivity contribution in [3.8, 4) is 0 Å². The summed E-state index contributed by atoms with van der Waals surface area (Å²) >= 11 is 0. The fourth-order valence-corrected chi connectivity index (χ4v) is 5.21. The van der Waals surface area contributed by atoms with E-state index >= 15 is 0 Å². The molecule has 0 radical (unpaired) electrons. The number of ketones is 1. The summed E-state index contributed by atoms with van der Waals surface area (Å²) in [5, 5.41) is 13.9. The van der Waals surface area contributed by atoms with Gasteiger partial charge in [-0.25, -0.2) is 9.97 Å². The molecular formula is C23H26N4O2. The number of fused-ring (bicyclic) bond motifs is 2. The second kappa shape index (κ2) is 7.35. The number of aliphatic hydroxyl groups is 1. The minimum atomic E-state index is -0.496. The van der Waals surface area contributed by atoms with E-state index in [9.17, 15) is 4.79 Å². The lowest BCUT2D eigenvalue weighted by atomic mass is 9.99. The first-order valence-corrected chi connectivity index (χ1v) is 10.4. The van der Waals surface area contributed by atoms with Gasteiger partial charge in [0.1, 0.15) is 12.4 Å². The predicted octanol–water partition coefficient (Wildman–Crippen LogP) is 2.67. The molecule has 3 aromatic rings. The summed E-state index contributed by atoms with van der Waals surface area (Å²) in [5.74, 6) is 3.20. The molecule has 2 atom stereocenters. The third-order valence-corrected chi connectivity index (χ3v) is 6.80. The van der Waals surface area contributed by atoms with Crippen molar-refractivity contribution in [3.63, 3.8) is 0 Å². The molecule has 5 rings (SSSR count). The molecule has 6 heteroatoms. The monoisotopic (exact) mass is 390 g/mol. The number of hydrogen-bond acceptors (Lipinski definition) is 5. The molecule has 2 saturated carbocycles. The minimum Gasteiger partial charge on any atom is -0.388 e. The first-order valence-electron chi connectivity index (χ1n) is 10.4. The van der Waals surface area contributed by atoms with Gasteiger partial charge in [0.05, 0.1) is 5.56 Å². The van der Waals surface area contributed by atoms with Crippen LogP contribution in [0.15, 0.2) is 42.9 Å². The lowest BCUT2D eigenvalue weighted by Gasteiger charge is -2.13. The number of Topliss-reactive ketones (excluding diaryl/α,β-unsaturated/α-hetero) is 1. The molecule has 2 fully saturated rings.